The zero-order chi connectivity index (χ0) is 13.9. The molecule has 0 unspecified atom stereocenters. The van der Waals surface area contributed by atoms with Gasteiger partial charge < -0.3 is 0 Å². The first-order valence-corrected chi connectivity index (χ1v) is 8.09. The third-order valence-electron chi connectivity index (χ3n) is 2.94. The van der Waals surface area contributed by atoms with E-state index in [1.807, 2.05) is 25.1 Å². The molecule has 3 nitrogen and oxygen atoms in total. The van der Waals surface area contributed by atoms with E-state index in [1.54, 1.807) is 18.2 Å². The summed E-state index contributed by atoms with van der Waals surface area (Å²) in [6, 6.07) is 10.4. The van der Waals surface area contributed by atoms with Gasteiger partial charge in [-0.05, 0) is 18.6 Å². The molecular formula is C14H16ClNO2S. The molecule has 0 saturated heterocycles. The lowest BCUT2D eigenvalue weighted by atomic mass is 10.1. The van der Waals surface area contributed by atoms with Crippen LogP contribution in [0.1, 0.15) is 19.8 Å². The summed E-state index contributed by atoms with van der Waals surface area (Å²) >= 11 is 6.09. The Morgan fingerprint density at radius 3 is 2.47 bits per heavy atom. The van der Waals surface area contributed by atoms with Crippen molar-refractivity contribution in [3.05, 3.63) is 41.4 Å². The smallest absolute Gasteiger partial charge is 0.211 e. The minimum absolute atomic E-state index is 0.281. The molecule has 0 fully saturated rings. The second kappa shape index (κ2) is 5.90. The number of sulfonamides is 1. The summed E-state index contributed by atoms with van der Waals surface area (Å²) < 4.78 is 27.2. The molecule has 0 spiro atoms. The van der Waals surface area contributed by atoms with Crippen molar-refractivity contribution in [3.8, 4) is 0 Å². The largest absolute Gasteiger partial charge is 0.241 e. The number of fused-ring (bicyclic) bond motifs is 1. The lowest BCUT2D eigenvalue weighted by molar-refractivity contribution is 0.579. The van der Waals surface area contributed by atoms with Crippen molar-refractivity contribution in [2.75, 3.05) is 6.54 Å². The van der Waals surface area contributed by atoms with Crippen LogP contribution in [0.15, 0.2) is 41.3 Å². The highest BCUT2D eigenvalue weighted by Gasteiger charge is 2.17. The number of benzene rings is 2. The second-order valence-corrected chi connectivity index (χ2v) is 6.49. The minimum atomic E-state index is -3.48. The Morgan fingerprint density at radius 1 is 1.11 bits per heavy atom. The van der Waals surface area contributed by atoms with Crippen LogP contribution in [0.5, 0.6) is 0 Å². The molecule has 0 aliphatic carbocycles. The lowest BCUT2D eigenvalue weighted by Gasteiger charge is -2.10. The molecule has 0 radical (unpaired) electrons. The van der Waals surface area contributed by atoms with E-state index in [-0.39, 0.29) is 4.90 Å². The van der Waals surface area contributed by atoms with E-state index in [4.69, 9.17) is 11.6 Å². The molecule has 0 aromatic heterocycles. The monoisotopic (exact) mass is 297 g/mol. The average molecular weight is 298 g/mol. The maximum Gasteiger partial charge on any atom is 0.241 e. The van der Waals surface area contributed by atoms with E-state index >= 15 is 0 Å². The van der Waals surface area contributed by atoms with Gasteiger partial charge in [-0.2, -0.15) is 0 Å². The fraction of sp³-hybridized carbons (Fsp3) is 0.286. The Hall–Kier alpha value is -1.10. The van der Waals surface area contributed by atoms with E-state index in [0.29, 0.717) is 17.0 Å². The van der Waals surface area contributed by atoms with Crippen molar-refractivity contribution in [2.45, 2.75) is 24.7 Å². The van der Waals surface area contributed by atoms with Gasteiger partial charge in [0.25, 0.3) is 0 Å². The van der Waals surface area contributed by atoms with Gasteiger partial charge >= 0.3 is 0 Å². The van der Waals surface area contributed by atoms with E-state index in [1.165, 1.54) is 0 Å². The second-order valence-electron chi connectivity index (χ2n) is 4.34. The van der Waals surface area contributed by atoms with Gasteiger partial charge in [0.05, 0.1) is 4.90 Å². The van der Waals surface area contributed by atoms with Crippen LogP contribution >= 0.6 is 11.6 Å². The summed E-state index contributed by atoms with van der Waals surface area (Å²) in [6.07, 6.45) is 1.77. The standard InChI is InChI=1S/C14H16ClNO2S/c1-2-3-10-16-19(17,18)14-9-8-13(15)11-6-4-5-7-12(11)14/h4-9,16H,2-3,10H2,1H3. The Balaban J connectivity index is 2.48. The molecule has 0 aliphatic rings. The van der Waals surface area contributed by atoms with Crippen LogP contribution in [-0.2, 0) is 10.0 Å². The van der Waals surface area contributed by atoms with Gasteiger partial charge in [0.2, 0.25) is 10.0 Å². The first kappa shape index (κ1) is 14.3. The summed E-state index contributed by atoms with van der Waals surface area (Å²) in [4.78, 5) is 0.281. The third kappa shape index (κ3) is 3.08. The Bertz CT molecular complexity index is 683. The van der Waals surface area contributed by atoms with Crippen LogP contribution in [0.2, 0.25) is 5.02 Å². The molecule has 1 N–H and O–H groups in total. The first-order chi connectivity index (χ1) is 9.06. The van der Waals surface area contributed by atoms with E-state index in [9.17, 15) is 8.42 Å². The quantitative estimate of drug-likeness (QED) is 0.858. The molecular weight excluding hydrogens is 282 g/mol. The van der Waals surface area contributed by atoms with Crippen molar-refractivity contribution >= 4 is 32.4 Å². The topological polar surface area (TPSA) is 46.2 Å². The average Bonchev–Trinajstić information content (AvgIpc) is 2.39. The van der Waals surface area contributed by atoms with Crippen molar-refractivity contribution in [1.29, 1.82) is 0 Å². The van der Waals surface area contributed by atoms with Gasteiger partial charge in [-0.15, -0.1) is 0 Å². The lowest BCUT2D eigenvalue weighted by Crippen LogP contribution is -2.24. The number of nitrogens with one attached hydrogen (secondary N) is 1. The zero-order valence-corrected chi connectivity index (χ0v) is 12.3. The first-order valence-electron chi connectivity index (χ1n) is 6.23. The molecule has 2 rings (SSSR count). The Kier molecular flexibility index (Phi) is 4.45. The maximum atomic E-state index is 12.3. The predicted octanol–water partition coefficient (Wildman–Crippen LogP) is 3.57. The molecule has 2 aromatic carbocycles. The normalized spacial score (nSPS) is 11.9. The Morgan fingerprint density at radius 2 is 1.79 bits per heavy atom. The molecule has 0 heterocycles. The molecule has 5 heteroatoms. The van der Waals surface area contributed by atoms with Gasteiger partial charge in [0.1, 0.15) is 0 Å². The number of rotatable bonds is 5. The highest BCUT2D eigenvalue weighted by atomic mass is 35.5. The molecule has 102 valence electrons. The van der Waals surface area contributed by atoms with Crippen LogP contribution in [0.4, 0.5) is 0 Å². The SMILES string of the molecule is CCCCNS(=O)(=O)c1ccc(Cl)c2ccccc12. The van der Waals surface area contributed by atoms with Crippen molar-refractivity contribution in [2.24, 2.45) is 0 Å². The molecule has 0 saturated carbocycles. The van der Waals surface area contributed by atoms with Crippen molar-refractivity contribution in [3.63, 3.8) is 0 Å². The third-order valence-corrected chi connectivity index (χ3v) is 4.79. The van der Waals surface area contributed by atoms with Crippen molar-refractivity contribution < 1.29 is 8.42 Å². The van der Waals surface area contributed by atoms with Crippen LogP contribution in [0, 0.1) is 0 Å². The van der Waals surface area contributed by atoms with Gasteiger partial charge in [-0.1, -0.05) is 49.2 Å². The van der Waals surface area contributed by atoms with E-state index in [0.717, 1.165) is 18.2 Å². The number of halogens is 1. The van der Waals surface area contributed by atoms with Gasteiger partial charge in [0.15, 0.2) is 0 Å². The van der Waals surface area contributed by atoms with E-state index < -0.39 is 10.0 Å². The number of hydrogen-bond donors (Lipinski definition) is 1. The van der Waals surface area contributed by atoms with E-state index in [2.05, 4.69) is 4.72 Å². The van der Waals surface area contributed by atoms with Crippen LogP contribution < -0.4 is 4.72 Å². The highest BCUT2D eigenvalue weighted by Crippen LogP contribution is 2.28. The van der Waals surface area contributed by atoms with Gasteiger partial charge in [-0.3, -0.25) is 0 Å². The number of unbranched alkanes of at least 4 members (excludes halogenated alkanes) is 1. The minimum Gasteiger partial charge on any atom is -0.211 e. The summed E-state index contributed by atoms with van der Waals surface area (Å²) in [5, 5.41) is 1.96. The summed E-state index contributed by atoms with van der Waals surface area (Å²) in [5.41, 5.74) is 0. The van der Waals surface area contributed by atoms with Crippen molar-refractivity contribution in [1.82, 2.24) is 4.72 Å². The highest BCUT2D eigenvalue weighted by molar-refractivity contribution is 7.89. The summed E-state index contributed by atoms with van der Waals surface area (Å²) in [7, 11) is -3.48. The molecule has 0 amide bonds. The fourth-order valence-electron chi connectivity index (χ4n) is 1.93. The zero-order valence-electron chi connectivity index (χ0n) is 10.7. The fourth-order valence-corrected chi connectivity index (χ4v) is 3.44. The summed E-state index contributed by atoms with van der Waals surface area (Å²) in [5.74, 6) is 0. The Labute approximate surface area is 118 Å². The maximum absolute atomic E-state index is 12.3. The molecule has 0 atom stereocenters. The van der Waals surface area contributed by atoms with Crippen LogP contribution in [-0.4, -0.2) is 15.0 Å². The van der Waals surface area contributed by atoms with Gasteiger partial charge in [0, 0.05) is 22.3 Å². The number of hydrogen-bond acceptors (Lipinski definition) is 2. The molecule has 19 heavy (non-hydrogen) atoms. The molecule has 0 bridgehead atoms. The van der Waals surface area contributed by atoms with Crippen LogP contribution in [0.3, 0.4) is 0 Å². The predicted molar refractivity (Wildman–Crippen MR) is 79.1 cm³/mol. The summed E-state index contributed by atoms with van der Waals surface area (Å²) in [6.45, 7) is 2.47. The molecule has 2 aromatic rings. The van der Waals surface area contributed by atoms with Gasteiger partial charge in [-0.25, -0.2) is 13.1 Å². The van der Waals surface area contributed by atoms with Crippen LogP contribution in [0.25, 0.3) is 10.8 Å². The molecule has 0 aliphatic heterocycles.